The predicted molar refractivity (Wildman–Crippen MR) is 162 cm³/mol. The van der Waals surface area contributed by atoms with Crippen LogP contribution < -0.4 is 11.1 Å². The van der Waals surface area contributed by atoms with Gasteiger partial charge in [-0.2, -0.15) is 0 Å². The summed E-state index contributed by atoms with van der Waals surface area (Å²) in [7, 11) is 0. The smallest absolute Gasteiger partial charge is 0.244 e. The van der Waals surface area contributed by atoms with Gasteiger partial charge >= 0.3 is 0 Å². The van der Waals surface area contributed by atoms with Crippen LogP contribution in [0.5, 0.6) is 0 Å². The Hall–Kier alpha value is -3.36. The Labute approximate surface area is 248 Å². The van der Waals surface area contributed by atoms with E-state index in [1.54, 1.807) is 17.9 Å². The molecule has 1 unspecified atom stereocenters. The van der Waals surface area contributed by atoms with E-state index < -0.39 is 35.0 Å². The van der Waals surface area contributed by atoms with Gasteiger partial charge in [-0.1, -0.05) is 62.8 Å². The summed E-state index contributed by atoms with van der Waals surface area (Å²) < 4.78 is 28.6. The summed E-state index contributed by atoms with van der Waals surface area (Å²) in [5.41, 5.74) is 7.91. The van der Waals surface area contributed by atoms with Crippen molar-refractivity contribution in [1.82, 2.24) is 10.2 Å². The Morgan fingerprint density at radius 3 is 2.26 bits per heavy atom. The third-order valence-electron chi connectivity index (χ3n) is 7.95. The average molecular weight is 582 g/mol. The van der Waals surface area contributed by atoms with Gasteiger partial charge in [0.2, 0.25) is 11.8 Å². The number of nitrogens with zero attached hydrogens (tertiary/aromatic N) is 1. The van der Waals surface area contributed by atoms with Gasteiger partial charge < -0.3 is 21.1 Å². The highest BCUT2D eigenvalue weighted by molar-refractivity contribution is 5.96. The lowest BCUT2D eigenvalue weighted by molar-refractivity contribution is -0.145. The fourth-order valence-corrected chi connectivity index (χ4v) is 6.09. The molecule has 8 heteroatoms. The number of nitrogens with two attached hydrogens (primary N) is 1. The Balaban J connectivity index is 2.08. The van der Waals surface area contributed by atoms with Crippen LogP contribution in [0.25, 0.3) is 0 Å². The van der Waals surface area contributed by atoms with Crippen molar-refractivity contribution in [1.29, 1.82) is 0 Å². The van der Waals surface area contributed by atoms with E-state index in [0.717, 1.165) is 30.9 Å². The minimum atomic E-state index is -1.36. The van der Waals surface area contributed by atoms with Gasteiger partial charge in [0, 0.05) is 43.7 Å². The molecule has 4 N–H and O–H groups in total. The number of nitrogens with one attached hydrogen (secondary N) is 1. The number of aliphatic hydroxyl groups is 1. The molecule has 2 amide bonds. The van der Waals surface area contributed by atoms with Crippen molar-refractivity contribution < 1.29 is 23.5 Å². The van der Waals surface area contributed by atoms with Crippen LogP contribution in [0.3, 0.4) is 0 Å². The maximum absolute atomic E-state index is 14.6. The number of aliphatic hydroxyl groups excluding tert-OH is 1. The van der Waals surface area contributed by atoms with Crippen LogP contribution in [0.1, 0.15) is 63.6 Å². The van der Waals surface area contributed by atoms with Gasteiger partial charge in [-0.3, -0.25) is 9.59 Å². The summed E-state index contributed by atoms with van der Waals surface area (Å²) in [5.74, 6) is -3.17. The second-order valence-electron chi connectivity index (χ2n) is 11.4. The van der Waals surface area contributed by atoms with E-state index in [2.05, 4.69) is 24.4 Å². The summed E-state index contributed by atoms with van der Waals surface area (Å²) in [6.45, 7) is 9.46. The molecule has 0 spiro atoms. The highest BCUT2D eigenvalue weighted by atomic mass is 19.1. The van der Waals surface area contributed by atoms with Crippen LogP contribution in [0.15, 0.2) is 65.8 Å². The summed E-state index contributed by atoms with van der Waals surface area (Å²) >= 11 is 0. The zero-order valence-corrected chi connectivity index (χ0v) is 25.3. The standard InChI is InChI=1S/C34H45F2N3O3/c1-5-11-39(12-6-2)33(42)34(19-23(4)13-27(20-34)32(37)41)30(17-26-15-28(35)18-29(36)16-26)31(40)22-38-21-25-10-8-9-24(7-3)14-25/h8-10,13-16,18-19,30-31,38,40H,5-7,11-12,17,20-22H2,1-4H3,(H2,37,41)/t30-,31+,34?/m1/s1. The number of hydrogen-bond acceptors (Lipinski definition) is 4. The number of rotatable bonds is 15. The number of allylic oxidation sites excluding steroid dienone is 2. The molecule has 0 aromatic heterocycles. The Kier molecular flexibility index (Phi) is 12.0. The summed E-state index contributed by atoms with van der Waals surface area (Å²) in [6, 6.07) is 11.4. The molecular formula is C34H45F2N3O3. The molecule has 0 bridgehead atoms. The highest BCUT2D eigenvalue weighted by Crippen LogP contribution is 2.45. The first-order valence-electron chi connectivity index (χ1n) is 14.9. The molecule has 0 saturated carbocycles. The van der Waals surface area contributed by atoms with Gasteiger partial charge in [0.05, 0.1) is 11.5 Å². The third kappa shape index (κ3) is 8.35. The maximum atomic E-state index is 14.6. The Bertz CT molecular complexity index is 1280. The van der Waals surface area contributed by atoms with Crippen molar-refractivity contribution in [2.24, 2.45) is 17.1 Å². The van der Waals surface area contributed by atoms with Crippen LogP contribution >= 0.6 is 0 Å². The van der Waals surface area contributed by atoms with Gasteiger partial charge in [-0.25, -0.2) is 8.78 Å². The third-order valence-corrected chi connectivity index (χ3v) is 7.95. The SMILES string of the molecule is CCCN(CCC)C(=O)C1([C@H](Cc2cc(F)cc(F)c2)[C@@H](O)CNCc2cccc(CC)c2)C=C(C)C=C(C(N)=O)C1. The van der Waals surface area contributed by atoms with Crippen molar-refractivity contribution in [3.63, 3.8) is 0 Å². The van der Waals surface area contributed by atoms with Crippen molar-refractivity contribution in [3.8, 4) is 0 Å². The zero-order chi connectivity index (χ0) is 30.9. The minimum Gasteiger partial charge on any atom is -0.391 e. The molecule has 228 valence electrons. The average Bonchev–Trinajstić information content (AvgIpc) is 2.94. The number of benzene rings is 2. The van der Waals surface area contributed by atoms with Gasteiger partial charge in [0.25, 0.3) is 0 Å². The van der Waals surface area contributed by atoms with Gasteiger partial charge in [0.15, 0.2) is 0 Å². The van der Waals surface area contributed by atoms with Gasteiger partial charge in [-0.15, -0.1) is 0 Å². The number of carbonyl (C=O) groups excluding carboxylic acids is 2. The lowest BCUT2D eigenvalue weighted by Gasteiger charge is -2.45. The first-order chi connectivity index (χ1) is 20.0. The molecule has 0 radical (unpaired) electrons. The van der Waals surface area contributed by atoms with E-state index in [1.165, 1.54) is 17.7 Å². The summed E-state index contributed by atoms with van der Waals surface area (Å²) in [5, 5.41) is 15.1. The Morgan fingerprint density at radius 2 is 1.67 bits per heavy atom. The van der Waals surface area contributed by atoms with E-state index in [0.29, 0.717) is 30.8 Å². The lowest BCUT2D eigenvalue weighted by atomic mass is 9.63. The highest BCUT2D eigenvalue weighted by Gasteiger charge is 2.50. The monoisotopic (exact) mass is 581 g/mol. The zero-order valence-electron chi connectivity index (χ0n) is 25.3. The van der Waals surface area contributed by atoms with Crippen molar-refractivity contribution in [2.45, 2.75) is 72.4 Å². The first kappa shape index (κ1) is 33.1. The molecule has 0 aliphatic heterocycles. The summed E-state index contributed by atoms with van der Waals surface area (Å²) in [4.78, 5) is 28.8. The summed E-state index contributed by atoms with van der Waals surface area (Å²) in [6.07, 6.45) is 4.73. The number of primary amides is 1. The van der Waals surface area contributed by atoms with Crippen LogP contribution in [0.4, 0.5) is 8.78 Å². The molecule has 0 heterocycles. The minimum absolute atomic E-state index is 0.0104. The van der Waals surface area contributed by atoms with Crippen LogP contribution in [0.2, 0.25) is 0 Å². The molecule has 6 nitrogen and oxygen atoms in total. The van der Waals surface area contributed by atoms with Gasteiger partial charge in [0.1, 0.15) is 11.6 Å². The lowest BCUT2D eigenvalue weighted by Crippen LogP contribution is -2.54. The van der Waals surface area contributed by atoms with E-state index in [4.69, 9.17) is 5.73 Å². The molecule has 3 rings (SSSR count). The normalized spacial score (nSPS) is 18.2. The van der Waals surface area contributed by atoms with E-state index in [1.807, 2.05) is 32.1 Å². The second-order valence-corrected chi connectivity index (χ2v) is 11.4. The molecule has 42 heavy (non-hydrogen) atoms. The van der Waals surface area contributed by atoms with E-state index >= 15 is 0 Å². The Morgan fingerprint density at radius 1 is 1.02 bits per heavy atom. The topological polar surface area (TPSA) is 95.7 Å². The van der Waals surface area contributed by atoms with Crippen molar-refractivity contribution >= 4 is 11.8 Å². The van der Waals surface area contributed by atoms with E-state index in [9.17, 15) is 23.5 Å². The molecule has 0 saturated heterocycles. The molecule has 1 aliphatic rings. The number of aryl methyl sites for hydroxylation is 1. The molecule has 2 aromatic carbocycles. The van der Waals surface area contributed by atoms with Crippen LogP contribution in [-0.4, -0.2) is 47.6 Å². The number of carbonyl (C=O) groups is 2. The molecule has 1 aliphatic carbocycles. The molecule has 2 aromatic rings. The molecule has 0 fully saturated rings. The first-order valence-corrected chi connectivity index (χ1v) is 14.9. The fraction of sp³-hybridized carbons (Fsp3) is 0.471. The largest absolute Gasteiger partial charge is 0.391 e. The quantitative estimate of drug-likeness (QED) is 0.268. The van der Waals surface area contributed by atoms with Gasteiger partial charge in [-0.05, 0) is 67.9 Å². The predicted octanol–water partition coefficient (Wildman–Crippen LogP) is 5.23. The number of halogens is 2. The molecule has 3 atom stereocenters. The maximum Gasteiger partial charge on any atom is 0.244 e. The van der Waals surface area contributed by atoms with Crippen LogP contribution in [0, 0.1) is 23.0 Å². The second kappa shape index (κ2) is 15.2. The number of amides is 2. The molecular weight excluding hydrogens is 536 g/mol. The van der Waals surface area contributed by atoms with Crippen molar-refractivity contribution in [2.75, 3.05) is 19.6 Å². The van der Waals surface area contributed by atoms with Crippen LogP contribution in [-0.2, 0) is 29.0 Å². The van der Waals surface area contributed by atoms with E-state index in [-0.39, 0.29) is 30.9 Å². The number of hydrogen-bond donors (Lipinski definition) is 3. The van der Waals surface area contributed by atoms with Crippen molar-refractivity contribution in [3.05, 3.63) is 94.1 Å². The fourth-order valence-electron chi connectivity index (χ4n) is 6.09.